The highest BCUT2D eigenvalue weighted by Gasteiger charge is 2.25. The number of sulfonamides is 1. The van der Waals surface area contributed by atoms with Crippen LogP contribution >= 0.6 is 0 Å². The van der Waals surface area contributed by atoms with Crippen LogP contribution in [0.3, 0.4) is 0 Å². The van der Waals surface area contributed by atoms with Crippen LogP contribution in [0.5, 0.6) is 0 Å². The maximum Gasteiger partial charge on any atom is 0.252 e. The molecule has 31 heavy (non-hydrogen) atoms. The molecule has 1 aromatic heterocycles. The number of carbonyl (C=O) groups is 1. The second-order valence-electron chi connectivity index (χ2n) is 8.12. The van der Waals surface area contributed by atoms with Gasteiger partial charge in [0.05, 0.1) is 16.0 Å². The molecule has 1 aliphatic rings. The molecule has 2 aromatic carbocycles. The lowest BCUT2D eigenvalue weighted by Gasteiger charge is -2.25. The van der Waals surface area contributed by atoms with Crippen molar-refractivity contribution in [3.63, 3.8) is 0 Å². The first-order chi connectivity index (χ1) is 14.8. The molecule has 4 rings (SSSR count). The molecule has 2 heterocycles. The number of hydrogen-bond acceptors (Lipinski definition) is 4. The molecule has 1 fully saturated rings. The summed E-state index contributed by atoms with van der Waals surface area (Å²) in [5.74, 6) is -0.175. The van der Waals surface area contributed by atoms with Crippen molar-refractivity contribution in [3.8, 4) is 0 Å². The minimum Gasteiger partial charge on any atom is -0.348 e. The smallest absolute Gasteiger partial charge is 0.252 e. The zero-order valence-electron chi connectivity index (χ0n) is 17.9. The maximum atomic E-state index is 12.9. The van der Waals surface area contributed by atoms with Crippen LogP contribution in [0.1, 0.15) is 46.4 Å². The predicted octanol–water partition coefficient (Wildman–Crippen LogP) is 3.96. The summed E-state index contributed by atoms with van der Waals surface area (Å²) in [6, 6.07) is 14.4. The van der Waals surface area contributed by atoms with E-state index in [1.54, 1.807) is 34.6 Å². The van der Waals surface area contributed by atoms with Gasteiger partial charge in [0, 0.05) is 30.7 Å². The Morgan fingerprint density at radius 2 is 1.71 bits per heavy atom. The van der Waals surface area contributed by atoms with Crippen LogP contribution in [0.4, 0.5) is 0 Å². The summed E-state index contributed by atoms with van der Waals surface area (Å²) in [7, 11) is -3.45. The third-order valence-electron chi connectivity index (χ3n) is 5.67. The molecule has 0 saturated carbocycles. The van der Waals surface area contributed by atoms with Gasteiger partial charge in [0.1, 0.15) is 0 Å². The van der Waals surface area contributed by atoms with Gasteiger partial charge in [-0.15, -0.1) is 0 Å². The molecule has 162 valence electrons. The molecule has 0 bridgehead atoms. The molecule has 7 heteroatoms. The molecular formula is C24H27N3O3S. The molecule has 0 atom stereocenters. The maximum absolute atomic E-state index is 12.9. The van der Waals surface area contributed by atoms with Crippen molar-refractivity contribution in [2.24, 2.45) is 0 Å². The Kier molecular flexibility index (Phi) is 6.07. The number of nitrogens with one attached hydrogen (secondary N) is 1. The predicted molar refractivity (Wildman–Crippen MR) is 121 cm³/mol. The van der Waals surface area contributed by atoms with E-state index in [0.717, 1.165) is 47.0 Å². The highest BCUT2D eigenvalue weighted by Crippen LogP contribution is 2.22. The zero-order chi connectivity index (χ0) is 22.0. The second-order valence-corrected chi connectivity index (χ2v) is 10.1. The van der Waals surface area contributed by atoms with Crippen molar-refractivity contribution in [2.45, 2.75) is 44.6 Å². The van der Waals surface area contributed by atoms with E-state index in [-0.39, 0.29) is 5.91 Å². The summed E-state index contributed by atoms with van der Waals surface area (Å²) in [5.41, 5.74) is 4.09. The molecule has 0 unspecified atom stereocenters. The number of piperidine rings is 1. The van der Waals surface area contributed by atoms with E-state index >= 15 is 0 Å². The lowest BCUT2D eigenvalue weighted by molar-refractivity contribution is 0.0952. The molecule has 3 aromatic rings. The van der Waals surface area contributed by atoms with Gasteiger partial charge in [0.25, 0.3) is 5.91 Å². The van der Waals surface area contributed by atoms with Crippen LogP contribution in [0.2, 0.25) is 0 Å². The standard InChI is InChI=1S/C24H27N3O3S/c1-17-6-11-23-21(14-17)22(15-18(2)26-23)24(28)25-16-19-7-9-20(10-8-19)31(29,30)27-12-4-3-5-13-27/h6-11,14-15H,3-5,12-13,16H2,1-2H3,(H,25,28). The van der Waals surface area contributed by atoms with Crippen LogP contribution in [-0.2, 0) is 16.6 Å². The zero-order valence-corrected chi connectivity index (χ0v) is 18.7. The first-order valence-corrected chi connectivity index (χ1v) is 12.0. The van der Waals surface area contributed by atoms with E-state index in [2.05, 4.69) is 10.3 Å². The van der Waals surface area contributed by atoms with E-state index in [1.165, 1.54) is 0 Å². The van der Waals surface area contributed by atoms with Crippen LogP contribution in [0.25, 0.3) is 10.9 Å². The summed E-state index contributed by atoms with van der Waals surface area (Å²) in [5, 5.41) is 3.77. The van der Waals surface area contributed by atoms with Gasteiger partial charge in [-0.3, -0.25) is 9.78 Å². The van der Waals surface area contributed by atoms with Crippen LogP contribution in [-0.4, -0.2) is 36.7 Å². The summed E-state index contributed by atoms with van der Waals surface area (Å²) in [6.45, 7) is 5.34. The van der Waals surface area contributed by atoms with Gasteiger partial charge in [-0.1, -0.05) is 30.2 Å². The lowest BCUT2D eigenvalue weighted by Crippen LogP contribution is -2.35. The Hall–Kier alpha value is -2.77. The third-order valence-corrected chi connectivity index (χ3v) is 7.58. The van der Waals surface area contributed by atoms with Gasteiger partial charge in [0.15, 0.2) is 0 Å². The highest BCUT2D eigenvalue weighted by molar-refractivity contribution is 7.89. The van der Waals surface area contributed by atoms with Crippen molar-refractivity contribution in [1.82, 2.24) is 14.6 Å². The minimum atomic E-state index is -3.45. The molecular weight excluding hydrogens is 410 g/mol. The summed E-state index contributed by atoms with van der Waals surface area (Å²) < 4.78 is 27.1. The number of nitrogens with zero attached hydrogens (tertiary/aromatic N) is 2. The van der Waals surface area contributed by atoms with Gasteiger partial charge in [-0.05, 0) is 62.6 Å². The summed E-state index contributed by atoms with van der Waals surface area (Å²) in [4.78, 5) is 17.7. The molecule has 1 amide bonds. The number of pyridine rings is 1. The Balaban J connectivity index is 1.48. The van der Waals surface area contributed by atoms with E-state index in [1.807, 2.05) is 32.0 Å². The molecule has 0 aliphatic carbocycles. The Morgan fingerprint density at radius 1 is 1.00 bits per heavy atom. The molecule has 0 radical (unpaired) electrons. The molecule has 0 spiro atoms. The first-order valence-electron chi connectivity index (χ1n) is 10.6. The number of rotatable bonds is 5. The number of aryl methyl sites for hydroxylation is 2. The number of hydrogen-bond donors (Lipinski definition) is 1. The Morgan fingerprint density at radius 3 is 2.42 bits per heavy atom. The van der Waals surface area contributed by atoms with Crippen molar-refractivity contribution in [2.75, 3.05) is 13.1 Å². The van der Waals surface area contributed by atoms with Crippen LogP contribution in [0.15, 0.2) is 53.4 Å². The fraction of sp³-hybridized carbons (Fsp3) is 0.333. The Labute approximate surface area is 183 Å². The van der Waals surface area contributed by atoms with E-state index in [4.69, 9.17) is 0 Å². The monoisotopic (exact) mass is 437 g/mol. The number of fused-ring (bicyclic) bond motifs is 1. The fourth-order valence-electron chi connectivity index (χ4n) is 3.97. The van der Waals surface area contributed by atoms with E-state index < -0.39 is 10.0 Å². The Bertz CT molecular complexity index is 1210. The number of benzene rings is 2. The second kappa shape index (κ2) is 8.77. The molecule has 1 saturated heterocycles. The van der Waals surface area contributed by atoms with Gasteiger partial charge in [0.2, 0.25) is 10.0 Å². The largest absolute Gasteiger partial charge is 0.348 e. The SMILES string of the molecule is Cc1ccc2nc(C)cc(C(=O)NCc3ccc(S(=O)(=O)N4CCCCC4)cc3)c2c1. The first kappa shape index (κ1) is 21.5. The van der Waals surface area contributed by atoms with Gasteiger partial charge in [-0.2, -0.15) is 4.31 Å². The normalized spacial score (nSPS) is 15.2. The number of aromatic nitrogens is 1. The van der Waals surface area contributed by atoms with Crippen molar-refractivity contribution in [3.05, 3.63) is 70.9 Å². The van der Waals surface area contributed by atoms with E-state index in [0.29, 0.717) is 30.1 Å². The molecule has 1 N–H and O–H groups in total. The van der Waals surface area contributed by atoms with Crippen molar-refractivity contribution in [1.29, 1.82) is 0 Å². The average molecular weight is 438 g/mol. The topological polar surface area (TPSA) is 79.4 Å². The van der Waals surface area contributed by atoms with Crippen molar-refractivity contribution < 1.29 is 13.2 Å². The molecule has 1 aliphatic heterocycles. The average Bonchev–Trinajstić information content (AvgIpc) is 2.78. The summed E-state index contributed by atoms with van der Waals surface area (Å²) in [6.07, 6.45) is 2.90. The summed E-state index contributed by atoms with van der Waals surface area (Å²) >= 11 is 0. The lowest BCUT2D eigenvalue weighted by atomic mass is 10.0. The minimum absolute atomic E-state index is 0.175. The third kappa shape index (κ3) is 4.62. The van der Waals surface area contributed by atoms with Crippen LogP contribution in [0, 0.1) is 13.8 Å². The van der Waals surface area contributed by atoms with Gasteiger partial charge in [-0.25, -0.2) is 8.42 Å². The van der Waals surface area contributed by atoms with Gasteiger partial charge >= 0.3 is 0 Å². The molecule has 6 nitrogen and oxygen atoms in total. The fourth-order valence-corrected chi connectivity index (χ4v) is 5.49. The van der Waals surface area contributed by atoms with Gasteiger partial charge < -0.3 is 5.32 Å². The number of amides is 1. The van der Waals surface area contributed by atoms with Crippen molar-refractivity contribution >= 4 is 26.8 Å². The number of carbonyl (C=O) groups excluding carboxylic acids is 1. The van der Waals surface area contributed by atoms with E-state index in [9.17, 15) is 13.2 Å². The quantitative estimate of drug-likeness (QED) is 0.655. The highest BCUT2D eigenvalue weighted by atomic mass is 32.2. The van der Waals surface area contributed by atoms with Crippen LogP contribution < -0.4 is 5.32 Å².